The first kappa shape index (κ1) is 12.1. The van der Waals surface area contributed by atoms with Crippen molar-refractivity contribution < 1.29 is 5.11 Å². The molecule has 0 radical (unpaired) electrons. The van der Waals surface area contributed by atoms with Crippen molar-refractivity contribution in [2.24, 2.45) is 5.92 Å². The maximum Gasteiger partial charge on any atom is 0.0964 e. The molecule has 5 nitrogen and oxygen atoms in total. The number of aliphatic hydroxyl groups excluding tert-OH is 1. The second-order valence-electron chi connectivity index (χ2n) is 4.31. The molecule has 0 aliphatic rings. The number of nitrogens with one attached hydrogen (secondary N) is 1. The van der Waals surface area contributed by atoms with E-state index in [4.69, 9.17) is 5.11 Å². The highest BCUT2D eigenvalue weighted by atomic mass is 16.3. The second-order valence-corrected chi connectivity index (χ2v) is 4.31. The molecule has 1 heterocycles. The third-order valence-corrected chi connectivity index (χ3v) is 1.90. The van der Waals surface area contributed by atoms with Gasteiger partial charge in [0.1, 0.15) is 0 Å². The highest BCUT2D eigenvalue weighted by Crippen LogP contribution is 1.95. The quantitative estimate of drug-likeness (QED) is 0.716. The van der Waals surface area contributed by atoms with Crippen molar-refractivity contribution >= 4 is 0 Å². The van der Waals surface area contributed by atoms with Gasteiger partial charge >= 0.3 is 0 Å². The zero-order valence-corrected chi connectivity index (χ0v) is 9.64. The van der Waals surface area contributed by atoms with Crippen molar-refractivity contribution in [1.82, 2.24) is 20.3 Å². The highest BCUT2D eigenvalue weighted by molar-refractivity contribution is 4.91. The van der Waals surface area contributed by atoms with Crippen LogP contribution in [0.4, 0.5) is 0 Å². The second kappa shape index (κ2) is 5.82. The van der Waals surface area contributed by atoms with E-state index >= 15 is 0 Å². The monoisotopic (exact) mass is 212 g/mol. The Morgan fingerprint density at radius 2 is 2.20 bits per heavy atom. The molecule has 0 spiro atoms. The van der Waals surface area contributed by atoms with Crippen LogP contribution in [-0.4, -0.2) is 32.7 Å². The number of nitrogens with zero attached hydrogens (tertiary/aromatic N) is 3. The summed E-state index contributed by atoms with van der Waals surface area (Å²) in [6.07, 6.45) is 1.48. The van der Waals surface area contributed by atoms with Crippen LogP contribution in [0.5, 0.6) is 0 Å². The molecule has 2 N–H and O–H groups in total. The highest BCUT2D eigenvalue weighted by Gasteiger charge is 2.03. The fraction of sp³-hybridized carbons (Fsp3) is 0.800. The van der Waals surface area contributed by atoms with Gasteiger partial charge in [0.2, 0.25) is 0 Å². The standard InChI is InChI=1S/C10H20N4O/c1-8(2)4-11-5-10-7-14(13-12-10)6-9(3)15/h7-9,11,15H,4-6H2,1-3H3. The Hall–Kier alpha value is -0.940. The minimum Gasteiger partial charge on any atom is -0.391 e. The molecule has 1 atom stereocenters. The van der Waals surface area contributed by atoms with Crippen LogP contribution >= 0.6 is 0 Å². The lowest BCUT2D eigenvalue weighted by atomic mass is 10.2. The van der Waals surface area contributed by atoms with E-state index in [-0.39, 0.29) is 6.10 Å². The van der Waals surface area contributed by atoms with E-state index in [1.807, 2.05) is 6.20 Å². The Morgan fingerprint density at radius 3 is 2.80 bits per heavy atom. The first-order chi connectivity index (χ1) is 7.08. The summed E-state index contributed by atoms with van der Waals surface area (Å²) in [7, 11) is 0. The van der Waals surface area contributed by atoms with Crippen molar-refractivity contribution in [3.05, 3.63) is 11.9 Å². The summed E-state index contributed by atoms with van der Waals surface area (Å²) >= 11 is 0. The van der Waals surface area contributed by atoms with Gasteiger partial charge in [-0.25, -0.2) is 4.68 Å². The summed E-state index contributed by atoms with van der Waals surface area (Å²) in [6, 6.07) is 0. The van der Waals surface area contributed by atoms with Gasteiger partial charge in [-0.3, -0.25) is 0 Å². The molecular weight excluding hydrogens is 192 g/mol. The lowest BCUT2D eigenvalue weighted by Gasteiger charge is -2.04. The molecule has 0 amide bonds. The minimum absolute atomic E-state index is 0.386. The molecule has 0 aromatic carbocycles. The summed E-state index contributed by atoms with van der Waals surface area (Å²) in [5.74, 6) is 0.637. The minimum atomic E-state index is -0.386. The fourth-order valence-corrected chi connectivity index (χ4v) is 1.27. The van der Waals surface area contributed by atoms with Gasteiger partial charge in [0, 0.05) is 12.7 Å². The fourth-order valence-electron chi connectivity index (χ4n) is 1.27. The summed E-state index contributed by atoms with van der Waals surface area (Å²) in [5, 5.41) is 20.4. The number of rotatable bonds is 6. The molecule has 1 rings (SSSR count). The van der Waals surface area contributed by atoms with E-state index in [0.29, 0.717) is 12.5 Å². The number of aromatic nitrogens is 3. The van der Waals surface area contributed by atoms with E-state index in [9.17, 15) is 0 Å². The molecule has 1 aromatic heterocycles. The molecule has 5 heteroatoms. The first-order valence-electron chi connectivity index (χ1n) is 5.35. The van der Waals surface area contributed by atoms with Gasteiger partial charge in [-0.2, -0.15) is 0 Å². The predicted molar refractivity (Wildman–Crippen MR) is 58.2 cm³/mol. The van der Waals surface area contributed by atoms with Crippen LogP contribution in [0.2, 0.25) is 0 Å². The summed E-state index contributed by atoms with van der Waals surface area (Å²) in [5.41, 5.74) is 0.913. The van der Waals surface area contributed by atoms with Crippen molar-refractivity contribution in [3.8, 4) is 0 Å². The van der Waals surface area contributed by atoms with Crippen LogP contribution in [0, 0.1) is 5.92 Å². The Morgan fingerprint density at radius 1 is 1.47 bits per heavy atom. The van der Waals surface area contributed by atoms with Crippen LogP contribution in [0.15, 0.2) is 6.20 Å². The molecule has 0 fully saturated rings. The summed E-state index contributed by atoms with van der Waals surface area (Å²) in [4.78, 5) is 0. The molecular formula is C10H20N4O. The van der Waals surface area contributed by atoms with Crippen molar-refractivity contribution in [3.63, 3.8) is 0 Å². The van der Waals surface area contributed by atoms with Crippen LogP contribution in [0.25, 0.3) is 0 Å². The predicted octanol–water partition coefficient (Wildman–Crippen LogP) is 0.404. The van der Waals surface area contributed by atoms with Crippen molar-refractivity contribution in [2.45, 2.75) is 40.0 Å². The average Bonchev–Trinajstić information content (AvgIpc) is 2.50. The van der Waals surface area contributed by atoms with Gasteiger partial charge in [-0.1, -0.05) is 19.1 Å². The Balaban J connectivity index is 2.33. The molecule has 1 aromatic rings. The van der Waals surface area contributed by atoms with Gasteiger partial charge in [0.25, 0.3) is 0 Å². The van der Waals surface area contributed by atoms with Gasteiger partial charge < -0.3 is 10.4 Å². The van der Waals surface area contributed by atoms with Crippen molar-refractivity contribution in [2.75, 3.05) is 6.54 Å². The Kier molecular flexibility index (Phi) is 4.71. The van der Waals surface area contributed by atoms with Crippen LogP contribution in [0.1, 0.15) is 26.5 Å². The molecule has 86 valence electrons. The topological polar surface area (TPSA) is 63.0 Å². The molecule has 0 bridgehead atoms. The summed E-state index contributed by atoms with van der Waals surface area (Å²) < 4.78 is 1.66. The van der Waals surface area contributed by atoms with E-state index in [1.54, 1.807) is 11.6 Å². The third-order valence-electron chi connectivity index (χ3n) is 1.90. The zero-order valence-electron chi connectivity index (χ0n) is 9.64. The number of aliphatic hydroxyl groups is 1. The van der Waals surface area contributed by atoms with Gasteiger partial charge in [0.05, 0.1) is 18.3 Å². The van der Waals surface area contributed by atoms with Gasteiger partial charge in [0.15, 0.2) is 0 Å². The van der Waals surface area contributed by atoms with Gasteiger partial charge in [-0.15, -0.1) is 5.10 Å². The van der Waals surface area contributed by atoms with Crippen LogP contribution < -0.4 is 5.32 Å². The maximum absolute atomic E-state index is 9.16. The van der Waals surface area contributed by atoms with E-state index < -0.39 is 0 Å². The summed E-state index contributed by atoms with van der Waals surface area (Å²) in [6.45, 7) is 8.27. The van der Waals surface area contributed by atoms with Crippen LogP contribution in [-0.2, 0) is 13.1 Å². The maximum atomic E-state index is 9.16. The smallest absolute Gasteiger partial charge is 0.0964 e. The van der Waals surface area contributed by atoms with E-state index in [2.05, 4.69) is 29.5 Å². The van der Waals surface area contributed by atoms with Gasteiger partial charge in [-0.05, 0) is 19.4 Å². The third kappa shape index (κ3) is 4.90. The number of hydrogen-bond donors (Lipinski definition) is 2. The number of hydrogen-bond acceptors (Lipinski definition) is 4. The molecule has 1 unspecified atom stereocenters. The van der Waals surface area contributed by atoms with E-state index in [1.165, 1.54) is 0 Å². The van der Waals surface area contributed by atoms with Crippen molar-refractivity contribution in [1.29, 1.82) is 0 Å². The van der Waals surface area contributed by atoms with Crippen LogP contribution in [0.3, 0.4) is 0 Å². The Labute approximate surface area is 90.5 Å². The van der Waals surface area contributed by atoms with E-state index in [0.717, 1.165) is 18.8 Å². The lowest BCUT2D eigenvalue weighted by Crippen LogP contribution is -2.19. The SMILES string of the molecule is CC(C)CNCc1cn(CC(C)O)nn1. The zero-order chi connectivity index (χ0) is 11.3. The molecule has 0 saturated heterocycles. The lowest BCUT2D eigenvalue weighted by molar-refractivity contribution is 0.167. The molecule has 0 aliphatic heterocycles. The normalized spacial score (nSPS) is 13.4. The molecule has 15 heavy (non-hydrogen) atoms. The molecule has 0 aliphatic carbocycles. The largest absolute Gasteiger partial charge is 0.391 e. The average molecular weight is 212 g/mol. The Bertz CT molecular complexity index is 283. The first-order valence-corrected chi connectivity index (χ1v) is 5.35. The molecule has 0 saturated carbocycles.